The lowest BCUT2D eigenvalue weighted by atomic mass is 10.2. The van der Waals surface area contributed by atoms with Gasteiger partial charge in [0.2, 0.25) is 0 Å². The standard InChI is InChI=1S/C14H25N5S.HI/c1-15-14(18-12-4-5-13(8-12)20-3)16-7-6-11-9-17-19(2)10-11;/h9-10,12-13H,4-8H2,1-3H3,(H2,15,16,18);1H. The number of nitrogens with zero attached hydrogens (tertiary/aromatic N) is 3. The number of rotatable bonds is 5. The summed E-state index contributed by atoms with van der Waals surface area (Å²) in [4.78, 5) is 4.31. The Bertz CT molecular complexity index is 448. The van der Waals surface area contributed by atoms with Crippen LogP contribution in [0.1, 0.15) is 24.8 Å². The van der Waals surface area contributed by atoms with Crippen molar-refractivity contribution in [3.63, 3.8) is 0 Å². The van der Waals surface area contributed by atoms with E-state index in [1.807, 2.05) is 36.7 Å². The molecule has 0 saturated heterocycles. The monoisotopic (exact) mass is 423 g/mol. The van der Waals surface area contributed by atoms with E-state index in [2.05, 4.69) is 33.2 Å². The SMILES string of the molecule is CN=C(NCCc1cnn(C)c1)NC1CCC(SC)C1.I. The van der Waals surface area contributed by atoms with Crippen LogP contribution >= 0.6 is 35.7 Å². The maximum absolute atomic E-state index is 4.31. The van der Waals surface area contributed by atoms with Crippen LogP contribution in [-0.4, -0.2) is 46.9 Å². The predicted molar refractivity (Wildman–Crippen MR) is 102 cm³/mol. The molecule has 1 aromatic rings. The van der Waals surface area contributed by atoms with Crippen LogP contribution in [0.15, 0.2) is 17.4 Å². The molecule has 1 heterocycles. The van der Waals surface area contributed by atoms with Gasteiger partial charge >= 0.3 is 0 Å². The number of halogens is 1. The first-order chi connectivity index (χ1) is 9.71. The van der Waals surface area contributed by atoms with Gasteiger partial charge in [0.25, 0.3) is 0 Å². The zero-order valence-electron chi connectivity index (χ0n) is 13.0. The van der Waals surface area contributed by atoms with Crippen molar-refractivity contribution in [2.24, 2.45) is 12.0 Å². The van der Waals surface area contributed by atoms with E-state index >= 15 is 0 Å². The Labute approximate surface area is 148 Å². The van der Waals surface area contributed by atoms with Gasteiger partial charge < -0.3 is 10.6 Å². The van der Waals surface area contributed by atoms with Gasteiger partial charge in [-0.3, -0.25) is 9.67 Å². The van der Waals surface area contributed by atoms with Gasteiger partial charge in [0.05, 0.1) is 6.20 Å². The molecule has 7 heteroatoms. The average Bonchev–Trinajstić information content (AvgIpc) is 3.06. The molecule has 1 aliphatic carbocycles. The summed E-state index contributed by atoms with van der Waals surface area (Å²) in [5, 5.41) is 11.9. The third-order valence-electron chi connectivity index (χ3n) is 3.75. The maximum atomic E-state index is 4.31. The lowest BCUT2D eigenvalue weighted by Gasteiger charge is -2.17. The molecule has 5 nitrogen and oxygen atoms in total. The van der Waals surface area contributed by atoms with E-state index in [0.29, 0.717) is 6.04 Å². The lowest BCUT2D eigenvalue weighted by Crippen LogP contribution is -2.43. The molecule has 0 bridgehead atoms. The van der Waals surface area contributed by atoms with Gasteiger partial charge in [-0.05, 0) is 37.5 Å². The van der Waals surface area contributed by atoms with Crippen LogP contribution < -0.4 is 10.6 Å². The van der Waals surface area contributed by atoms with Crippen LogP contribution in [0.2, 0.25) is 0 Å². The minimum absolute atomic E-state index is 0. The van der Waals surface area contributed by atoms with Crippen LogP contribution in [0.4, 0.5) is 0 Å². The van der Waals surface area contributed by atoms with Gasteiger partial charge in [0, 0.05) is 38.1 Å². The highest BCUT2D eigenvalue weighted by molar-refractivity contribution is 14.0. The van der Waals surface area contributed by atoms with E-state index in [4.69, 9.17) is 0 Å². The molecular formula is C14H26IN5S. The number of aryl methyl sites for hydroxylation is 1. The fraction of sp³-hybridized carbons (Fsp3) is 0.714. The summed E-state index contributed by atoms with van der Waals surface area (Å²) in [6.07, 6.45) is 10.9. The predicted octanol–water partition coefficient (Wildman–Crippen LogP) is 2.03. The number of aliphatic imine (C=N–C) groups is 1. The first-order valence-electron chi connectivity index (χ1n) is 7.18. The molecule has 21 heavy (non-hydrogen) atoms. The Hall–Kier alpha value is -0.440. The number of nitrogens with one attached hydrogen (secondary N) is 2. The summed E-state index contributed by atoms with van der Waals surface area (Å²) in [6, 6.07) is 0.567. The van der Waals surface area contributed by atoms with Crippen LogP contribution in [0.25, 0.3) is 0 Å². The van der Waals surface area contributed by atoms with Crippen molar-refractivity contribution in [3.8, 4) is 0 Å². The van der Waals surface area contributed by atoms with E-state index < -0.39 is 0 Å². The van der Waals surface area contributed by atoms with Gasteiger partial charge in [-0.25, -0.2) is 0 Å². The van der Waals surface area contributed by atoms with E-state index in [-0.39, 0.29) is 24.0 Å². The molecule has 0 amide bonds. The fourth-order valence-corrected chi connectivity index (χ4v) is 3.40. The molecule has 0 radical (unpaired) electrons. The molecule has 0 aromatic carbocycles. The summed E-state index contributed by atoms with van der Waals surface area (Å²) in [6.45, 7) is 0.879. The van der Waals surface area contributed by atoms with Gasteiger partial charge in [-0.15, -0.1) is 24.0 Å². The van der Waals surface area contributed by atoms with Gasteiger partial charge in [-0.1, -0.05) is 0 Å². The van der Waals surface area contributed by atoms with Crippen molar-refractivity contribution in [2.75, 3.05) is 19.8 Å². The average molecular weight is 423 g/mol. The van der Waals surface area contributed by atoms with Crippen molar-refractivity contribution >= 4 is 41.7 Å². The third-order valence-corrected chi connectivity index (χ3v) is 4.84. The topological polar surface area (TPSA) is 54.2 Å². The quantitative estimate of drug-likeness (QED) is 0.433. The second-order valence-corrected chi connectivity index (χ2v) is 6.42. The molecule has 2 atom stereocenters. The molecular weight excluding hydrogens is 397 g/mol. The number of hydrogen-bond donors (Lipinski definition) is 2. The van der Waals surface area contributed by atoms with Crippen molar-refractivity contribution in [2.45, 2.75) is 37.0 Å². The minimum Gasteiger partial charge on any atom is -0.356 e. The molecule has 1 aromatic heterocycles. The highest BCUT2D eigenvalue weighted by Gasteiger charge is 2.24. The van der Waals surface area contributed by atoms with Gasteiger partial charge in [-0.2, -0.15) is 16.9 Å². The lowest BCUT2D eigenvalue weighted by molar-refractivity contribution is 0.614. The molecule has 2 unspecified atom stereocenters. The minimum atomic E-state index is 0. The van der Waals surface area contributed by atoms with E-state index in [9.17, 15) is 0 Å². The third kappa shape index (κ3) is 6.06. The molecule has 1 saturated carbocycles. The Morgan fingerprint density at radius 1 is 1.52 bits per heavy atom. The number of thioether (sulfide) groups is 1. The number of guanidine groups is 1. The Morgan fingerprint density at radius 3 is 2.90 bits per heavy atom. The highest BCUT2D eigenvalue weighted by atomic mass is 127. The zero-order valence-corrected chi connectivity index (χ0v) is 16.1. The summed E-state index contributed by atoms with van der Waals surface area (Å²) in [5.41, 5.74) is 1.25. The van der Waals surface area contributed by atoms with Gasteiger partial charge in [0.15, 0.2) is 5.96 Å². The van der Waals surface area contributed by atoms with Crippen LogP contribution in [0.5, 0.6) is 0 Å². The molecule has 2 N–H and O–H groups in total. The van der Waals surface area contributed by atoms with E-state index in [1.165, 1.54) is 24.8 Å². The van der Waals surface area contributed by atoms with Crippen molar-refractivity contribution < 1.29 is 0 Å². The Morgan fingerprint density at radius 2 is 2.33 bits per heavy atom. The first-order valence-corrected chi connectivity index (χ1v) is 8.47. The Balaban J connectivity index is 0.00000220. The van der Waals surface area contributed by atoms with Gasteiger partial charge in [0.1, 0.15) is 0 Å². The summed E-state index contributed by atoms with van der Waals surface area (Å²) >= 11 is 1.98. The number of hydrogen-bond acceptors (Lipinski definition) is 3. The van der Waals surface area contributed by atoms with E-state index in [1.54, 1.807) is 0 Å². The smallest absolute Gasteiger partial charge is 0.191 e. The van der Waals surface area contributed by atoms with Crippen molar-refractivity contribution in [1.82, 2.24) is 20.4 Å². The summed E-state index contributed by atoms with van der Waals surface area (Å²) in [5.74, 6) is 0.917. The number of aromatic nitrogens is 2. The Kier molecular flexibility index (Phi) is 8.46. The zero-order chi connectivity index (χ0) is 14.4. The normalized spacial score (nSPS) is 22.0. The molecule has 1 fully saturated rings. The van der Waals surface area contributed by atoms with Crippen molar-refractivity contribution in [3.05, 3.63) is 18.0 Å². The van der Waals surface area contributed by atoms with Crippen LogP contribution in [0, 0.1) is 0 Å². The van der Waals surface area contributed by atoms with Crippen LogP contribution in [-0.2, 0) is 13.5 Å². The van der Waals surface area contributed by atoms with Crippen LogP contribution in [0.3, 0.4) is 0 Å². The summed E-state index contributed by atoms with van der Waals surface area (Å²) in [7, 11) is 3.78. The second kappa shape index (κ2) is 9.55. The molecule has 0 spiro atoms. The maximum Gasteiger partial charge on any atom is 0.191 e. The highest BCUT2D eigenvalue weighted by Crippen LogP contribution is 2.27. The van der Waals surface area contributed by atoms with Crippen molar-refractivity contribution in [1.29, 1.82) is 0 Å². The first kappa shape index (κ1) is 18.6. The molecule has 1 aliphatic rings. The molecule has 120 valence electrons. The molecule has 0 aliphatic heterocycles. The largest absolute Gasteiger partial charge is 0.356 e. The second-order valence-electron chi connectivity index (χ2n) is 5.28. The fourth-order valence-electron chi connectivity index (χ4n) is 2.60. The molecule has 2 rings (SSSR count). The van der Waals surface area contributed by atoms with E-state index in [0.717, 1.165) is 24.2 Å². The summed E-state index contributed by atoms with van der Waals surface area (Å²) < 4.78 is 1.84.